The summed E-state index contributed by atoms with van der Waals surface area (Å²) in [5.74, 6) is -0.369. The van der Waals surface area contributed by atoms with Gasteiger partial charge >= 0.3 is 5.97 Å². The second kappa shape index (κ2) is 5.51. The molecule has 0 fully saturated rings. The first-order valence-electron chi connectivity index (χ1n) is 5.99. The first kappa shape index (κ1) is 13.1. The summed E-state index contributed by atoms with van der Waals surface area (Å²) in [6.45, 7) is 2.43. The fourth-order valence-corrected chi connectivity index (χ4v) is 1.80. The van der Waals surface area contributed by atoms with Gasteiger partial charge in [-0.1, -0.05) is 0 Å². The summed E-state index contributed by atoms with van der Waals surface area (Å²) >= 11 is 0. The van der Waals surface area contributed by atoms with Crippen LogP contribution in [0.25, 0.3) is 0 Å². The Morgan fingerprint density at radius 1 is 1.47 bits per heavy atom. The van der Waals surface area contributed by atoms with Gasteiger partial charge < -0.3 is 10.4 Å². The monoisotopic (exact) mass is 260 g/mol. The molecule has 2 aromatic rings. The summed E-state index contributed by atoms with van der Waals surface area (Å²) in [7, 11) is 1.87. The Morgan fingerprint density at radius 2 is 2.26 bits per heavy atom. The summed E-state index contributed by atoms with van der Waals surface area (Å²) in [5.41, 5.74) is 1.91. The molecular weight excluding hydrogens is 244 g/mol. The average Bonchev–Trinajstić information content (AvgIpc) is 2.74. The standard InChI is InChI=1S/C13H16N4O2/c1-9-7-10(13(18)19)8-12(15-9)14-5-3-11-4-6-17(2)16-11/h4,6-8H,3,5H2,1-2H3,(H,14,15)(H,18,19). The van der Waals surface area contributed by atoms with Crippen LogP contribution < -0.4 is 5.32 Å². The number of pyridine rings is 1. The molecule has 0 saturated carbocycles. The Balaban J connectivity index is 1.97. The molecule has 6 nitrogen and oxygen atoms in total. The molecule has 0 bridgehead atoms. The number of rotatable bonds is 5. The molecule has 0 aliphatic rings. The molecule has 100 valence electrons. The van der Waals surface area contributed by atoms with Crippen LogP contribution in [0.2, 0.25) is 0 Å². The summed E-state index contributed by atoms with van der Waals surface area (Å²) < 4.78 is 1.75. The lowest BCUT2D eigenvalue weighted by molar-refractivity contribution is 0.0696. The topological polar surface area (TPSA) is 80.0 Å². The molecule has 0 aliphatic heterocycles. The molecule has 0 atom stereocenters. The Bertz CT molecular complexity index is 592. The Kier molecular flexibility index (Phi) is 3.79. The number of hydrogen-bond acceptors (Lipinski definition) is 4. The molecule has 2 heterocycles. The van der Waals surface area contributed by atoms with Gasteiger partial charge in [0.05, 0.1) is 11.3 Å². The highest BCUT2D eigenvalue weighted by atomic mass is 16.4. The lowest BCUT2D eigenvalue weighted by atomic mass is 10.2. The summed E-state index contributed by atoms with van der Waals surface area (Å²) in [6, 6.07) is 5.04. The number of hydrogen-bond donors (Lipinski definition) is 2. The molecule has 2 N–H and O–H groups in total. The zero-order chi connectivity index (χ0) is 13.8. The number of aryl methyl sites for hydroxylation is 2. The lowest BCUT2D eigenvalue weighted by Crippen LogP contribution is -2.09. The van der Waals surface area contributed by atoms with Crippen LogP contribution in [0.15, 0.2) is 24.4 Å². The third-order valence-electron chi connectivity index (χ3n) is 2.66. The zero-order valence-corrected chi connectivity index (χ0v) is 10.9. The van der Waals surface area contributed by atoms with Crippen molar-refractivity contribution in [3.63, 3.8) is 0 Å². The molecule has 19 heavy (non-hydrogen) atoms. The van der Waals surface area contributed by atoms with Crippen molar-refractivity contribution in [3.8, 4) is 0 Å². The van der Waals surface area contributed by atoms with Crippen LogP contribution in [-0.2, 0) is 13.5 Å². The van der Waals surface area contributed by atoms with Crippen molar-refractivity contribution in [1.82, 2.24) is 14.8 Å². The molecule has 0 spiro atoms. The largest absolute Gasteiger partial charge is 0.478 e. The highest BCUT2D eigenvalue weighted by Crippen LogP contribution is 2.10. The van der Waals surface area contributed by atoms with Gasteiger partial charge in [-0.25, -0.2) is 9.78 Å². The van der Waals surface area contributed by atoms with E-state index in [0.29, 0.717) is 18.1 Å². The zero-order valence-electron chi connectivity index (χ0n) is 10.9. The highest BCUT2D eigenvalue weighted by Gasteiger charge is 2.06. The van der Waals surface area contributed by atoms with E-state index in [9.17, 15) is 4.79 Å². The number of carboxylic acids is 1. The maximum atomic E-state index is 10.9. The minimum Gasteiger partial charge on any atom is -0.478 e. The lowest BCUT2D eigenvalue weighted by Gasteiger charge is -2.06. The fourth-order valence-electron chi connectivity index (χ4n) is 1.80. The third-order valence-corrected chi connectivity index (χ3v) is 2.66. The van der Waals surface area contributed by atoms with Crippen LogP contribution in [0.5, 0.6) is 0 Å². The number of aromatic nitrogens is 3. The second-order valence-corrected chi connectivity index (χ2v) is 4.35. The van der Waals surface area contributed by atoms with Crippen LogP contribution in [-0.4, -0.2) is 32.4 Å². The van der Waals surface area contributed by atoms with E-state index in [0.717, 1.165) is 12.1 Å². The van der Waals surface area contributed by atoms with Crippen LogP contribution in [0.4, 0.5) is 5.82 Å². The van der Waals surface area contributed by atoms with Gasteiger partial charge in [0, 0.05) is 31.9 Å². The van der Waals surface area contributed by atoms with Gasteiger partial charge in [-0.2, -0.15) is 5.10 Å². The van der Waals surface area contributed by atoms with E-state index in [2.05, 4.69) is 15.4 Å². The maximum absolute atomic E-state index is 10.9. The normalized spacial score (nSPS) is 10.4. The van der Waals surface area contributed by atoms with Crippen molar-refractivity contribution in [3.05, 3.63) is 41.3 Å². The molecule has 2 rings (SSSR count). The van der Waals surface area contributed by atoms with Gasteiger partial charge in [0.1, 0.15) is 5.82 Å². The number of aromatic carboxylic acids is 1. The van der Waals surface area contributed by atoms with E-state index in [4.69, 9.17) is 5.11 Å². The molecular formula is C13H16N4O2. The first-order valence-corrected chi connectivity index (χ1v) is 5.99. The van der Waals surface area contributed by atoms with Crippen LogP contribution in [0.3, 0.4) is 0 Å². The van der Waals surface area contributed by atoms with Crippen molar-refractivity contribution in [1.29, 1.82) is 0 Å². The number of anilines is 1. The molecule has 0 aliphatic carbocycles. The van der Waals surface area contributed by atoms with E-state index in [1.54, 1.807) is 17.7 Å². The molecule has 0 aromatic carbocycles. The van der Waals surface area contributed by atoms with Crippen molar-refractivity contribution in [2.24, 2.45) is 7.05 Å². The first-order chi connectivity index (χ1) is 9.04. The predicted octanol–water partition coefficient (Wildman–Crippen LogP) is 1.48. The van der Waals surface area contributed by atoms with E-state index in [-0.39, 0.29) is 5.56 Å². The summed E-state index contributed by atoms with van der Waals surface area (Å²) in [4.78, 5) is 15.2. The molecule has 6 heteroatoms. The fraction of sp³-hybridized carbons (Fsp3) is 0.308. The number of nitrogens with zero attached hydrogens (tertiary/aromatic N) is 3. The predicted molar refractivity (Wildman–Crippen MR) is 71.3 cm³/mol. The minimum absolute atomic E-state index is 0.243. The van der Waals surface area contributed by atoms with Gasteiger partial charge in [0.15, 0.2) is 0 Å². The number of nitrogens with one attached hydrogen (secondary N) is 1. The van der Waals surface area contributed by atoms with Gasteiger partial charge in [0.2, 0.25) is 0 Å². The Morgan fingerprint density at radius 3 is 2.89 bits per heavy atom. The Labute approximate surface area is 111 Å². The van der Waals surface area contributed by atoms with Crippen LogP contribution >= 0.6 is 0 Å². The molecule has 0 radical (unpaired) electrons. The van der Waals surface area contributed by atoms with Gasteiger partial charge in [-0.05, 0) is 25.1 Å². The number of carboxylic acid groups (broad SMARTS) is 1. The minimum atomic E-state index is -0.946. The second-order valence-electron chi connectivity index (χ2n) is 4.35. The van der Waals surface area contributed by atoms with Crippen LogP contribution in [0, 0.1) is 6.92 Å². The van der Waals surface area contributed by atoms with E-state index >= 15 is 0 Å². The van der Waals surface area contributed by atoms with Crippen molar-refractivity contribution >= 4 is 11.8 Å². The smallest absolute Gasteiger partial charge is 0.335 e. The van der Waals surface area contributed by atoms with E-state index < -0.39 is 5.97 Å². The van der Waals surface area contributed by atoms with Gasteiger partial charge in [0.25, 0.3) is 0 Å². The van der Waals surface area contributed by atoms with E-state index in [1.807, 2.05) is 19.3 Å². The third kappa shape index (κ3) is 3.54. The average molecular weight is 260 g/mol. The highest BCUT2D eigenvalue weighted by molar-refractivity contribution is 5.88. The molecule has 0 saturated heterocycles. The van der Waals surface area contributed by atoms with Crippen molar-refractivity contribution in [2.45, 2.75) is 13.3 Å². The summed E-state index contributed by atoms with van der Waals surface area (Å²) in [6.07, 6.45) is 2.65. The van der Waals surface area contributed by atoms with Crippen LogP contribution in [0.1, 0.15) is 21.7 Å². The van der Waals surface area contributed by atoms with Crippen molar-refractivity contribution in [2.75, 3.05) is 11.9 Å². The molecule has 0 amide bonds. The quantitative estimate of drug-likeness (QED) is 0.851. The van der Waals surface area contributed by atoms with Gasteiger partial charge in [-0.15, -0.1) is 0 Å². The SMILES string of the molecule is Cc1cc(C(=O)O)cc(NCCc2ccn(C)n2)n1. The Hall–Kier alpha value is -2.37. The number of carbonyl (C=O) groups is 1. The van der Waals surface area contributed by atoms with Crippen molar-refractivity contribution < 1.29 is 9.90 Å². The summed E-state index contributed by atoms with van der Waals surface area (Å²) in [5, 5.41) is 16.4. The molecule has 0 unspecified atom stereocenters. The maximum Gasteiger partial charge on any atom is 0.335 e. The molecule has 2 aromatic heterocycles. The van der Waals surface area contributed by atoms with Gasteiger partial charge in [-0.3, -0.25) is 4.68 Å². The van der Waals surface area contributed by atoms with E-state index in [1.165, 1.54) is 6.07 Å².